The zero-order valence-electron chi connectivity index (χ0n) is 23.1. The Morgan fingerprint density at radius 2 is 2.20 bits per heavy atom. The van der Waals surface area contributed by atoms with Crippen LogP contribution in [0, 0.1) is 15.3 Å². The second-order valence-electron chi connectivity index (χ2n) is 11.7. The monoisotopic (exact) mass is 673 g/mol. The first-order valence-corrected chi connectivity index (χ1v) is 15.5. The van der Waals surface area contributed by atoms with Gasteiger partial charge in [0, 0.05) is 35.7 Å². The number of amides is 1. The molecule has 8 rings (SSSR count). The number of para-hydroxylation sites is 1. The molecule has 3 aromatic rings. The van der Waals surface area contributed by atoms with Crippen molar-refractivity contribution in [1.82, 2.24) is 19.8 Å². The molecule has 5 atom stereocenters. The Labute approximate surface area is 251 Å². The number of rotatable bonds is 6. The van der Waals surface area contributed by atoms with Crippen LogP contribution < -0.4 is 14.8 Å². The standard InChI is InChI=1S/C30H33FIN5O4/c1-15(20-9-4-10-36(20)2)41-29-23(32)27(34-24-17-12-21(24)37(14-17)30(38)39)19-13-33-25(22(31)26(19)35-29)18-8-3-6-16-7-5-11-40-28(16)18/h3,6,8,13,15,17,20-21,24H,4-5,7,9-12,14H2,1-2H3,(H,34,35)(H,38,39)/t15-,17+,20?,21+,24-/m0/s1. The molecule has 0 radical (unpaired) electrons. The van der Waals surface area contributed by atoms with Crippen LogP contribution in [0.5, 0.6) is 11.6 Å². The average Bonchev–Trinajstić information content (AvgIpc) is 3.69. The fourth-order valence-electron chi connectivity index (χ4n) is 7.13. The van der Waals surface area contributed by atoms with Crippen molar-refractivity contribution < 1.29 is 23.8 Å². The van der Waals surface area contributed by atoms with Gasteiger partial charge >= 0.3 is 6.09 Å². The predicted molar refractivity (Wildman–Crippen MR) is 161 cm³/mol. The van der Waals surface area contributed by atoms with Crippen molar-refractivity contribution in [2.75, 3.05) is 32.1 Å². The summed E-state index contributed by atoms with van der Waals surface area (Å²) in [5.41, 5.74) is 2.74. The lowest BCUT2D eigenvalue weighted by atomic mass is 9.80. The molecular formula is C30H33FIN5O4. The van der Waals surface area contributed by atoms with E-state index in [4.69, 9.17) is 14.5 Å². The first-order valence-electron chi connectivity index (χ1n) is 14.4. The number of aromatic nitrogens is 2. The Balaban J connectivity index is 1.33. The van der Waals surface area contributed by atoms with Gasteiger partial charge in [0.05, 0.1) is 27.9 Å². The summed E-state index contributed by atoms with van der Waals surface area (Å²) in [6, 6.07) is 5.84. The number of hydrogen-bond donors (Lipinski definition) is 2. The van der Waals surface area contributed by atoms with Crippen molar-refractivity contribution in [3.63, 3.8) is 0 Å². The number of hydrogen-bond acceptors (Lipinski definition) is 7. The van der Waals surface area contributed by atoms with Gasteiger partial charge < -0.3 is 24.8 Å². The number of anilines is 1. The van der Waals surface area contributed by atoms with Gasteiger partial charge in [-0.05, 0) is 86.8 Å². The van der Waals surface area contributed by atoms with Crippen LogP contribution in [-0.2, 0) is 6.42 Å². The second kappa shape index (κ2) is 10.4. The lowest BCUT2D eigenvalue weighted by Crippen LogP contribution is -2.49. The number of carboxylic acid groups (broad SMARTS) is 1. The average molecular weight is 674 g/mol. The minimum Gasteiger partial charge on any atom is -0.493 e. The van der Waals surface area contributed by atoms with Crippen LogP contribution in [-0.4, -0.2) is 81.9 Å². The first-order chi connectivity index (χ1) is 19.8. The number of carbonyl (C=O) groups is 1. The summed E-state index contributed by atoms with van der Waals surface area (Å²) in [6.07, 6.45) is 5.40. The van der Waals surface area contributed by atoms with Gasteiger partial charge in [0.2, 0.25) is 5.88 Å². The minimum absolute atomic E-state index is 0.0614. The highest BCUT2D eigenvalue weighted by Gasteiger charge is 2.54. The van der Waals surface area contributed by atoms with Crippen LogP contribution in [0.1, 0.15) is 38.2 Å². The molecule has 4 aliphatic heterocycles. The maximum Gasteiger partial charge on any atom is 0.407 e. The van der Waals surface area contributed by atoms with Crippen LogP contribution in [0.25, 0.3) is 22.2 Å². The summed E-state index contributed by atoms with van der Waals surface area (Å²) in [4.78, 5) is 24.9. The molecule has 11 heteroatoms. The summed E-state index contributed by atoms with van der Waals surface area (Å²) in [5, 5.41) is 13.8. The summed E-state index contributed by atoms with van der Waals surface area (Å²) in [6.45, 7) is 4.15. The Kier molecular flexibility index (Phi) is 6.84. The van der Waals surface area contributed by atoms with E-state index in [9.17, 15) is 9.90 Å². The molecule has 1 aliphatic carbocycles. The number of likely N-dealkylation sites (N-methyl/N-ethyl adjacent to an activating group) is 1. The van der Waals surface area contributed by atoms with Crippen molar-refractivity contribution in [3.8, 4) is 22.9 Å². The number of benzene rings is 1. The van der Waals surface area contributed by atoms with Crippen LogP contribution in [0.2, 0.25) is 0 Å². The van der Waals surface area contributed by atoms with E-state index in [0.717, 1.165) is 47.8 Å². The number of pyridine rings is 2. The van der Waals surface area contributed by atoms with Crippen molar-refractivity contribution in [1.29, 1.82) is 0 Å². The van der Waals surface area contributed by atoms with E-state index < -0.39 is 11.9 Å². The van der Waals surface area contributed by atoms with E-state index in [0.29, 0.717) is 41.4 Å². The smallest absolute Gasteiger partial charge is 0.407 e. The molecule has 9 nitrogen and oxygen atoms in total. The second-order valence-corrected chi connectivity index (χ2v) is 12.8. The molecule has 1 saturated carbocycles. The van der Waals surface area contributed by atoms with Crippen LogP contribution >= 0.6 is 22.6 Å². The third-order valence-electron chi connectivity index (χ3n) is 9.34. The zero-order valence-corrected chi connectivity index (χ0v) is 25.2. The highest BCUT2D eigenvalue weighted by Crippen LogP contribution is 2.46. The highest BCUT2D eigenvalue weighted by molar-refractivity contribution is 14.1. The van der Waals surface area contributed by atoms with Crippen molar-refractivity contribution >= 4 is 45.3 Å². The van der Waals surface area contributed by atoms with Crippen LogP contribution in [0.4, 0.5) is 14.9 Å². The van der Waals surface area contributed by atoms with Crippen molar-refractivity contribution in [2.45, 2.75) is 63.3 Å². The number of halogens is 2. The quantitative estimate of drug-likeness (QED) is 0.337. The SMILES string of the molecule is C[C@H](Oc1nc2c(F)c(-c3cccc4c3OCCC4)ncc2c(N[C@H]2[C@@H]3C[C@H]2N(C(=O)O)C3)c1I)C1CCCN1C. The summed E-state index contributed by atoms with van der Waals surface area (Å²) in [5.74, 6) is 0.736. The first kappa shape index (κ1) is 26.9. The van der Waals surface area contributed by atoms with Gasteiger partial charge in [-0.3, -0.25) is 9.88 Å². The molecule has 5 aliphatic rings. The molecule has 4 fully saturated rings. The fourth-order valence-corrected chi connectivity index (χ4v) is 7.83. The number of likely N-dealkylation sites (tertiary alicyclic amines) is 1. The molecule has 216 valence electrons. The summed E-state index contributed by atoms with van der Waals surface area (Å²) < 4.78 is 29.7. The molecule has 41 heavy (non-hydrogen) atoms. The molecule has 6 heterocycles. The van der Waals surface area contributed by atoms with Gasteiger partial charge in [-0.25, -0.2) is 14.2 Å². The molecule has 2 bridgehead atoms. The summed E-state index contributed by atoms with van der Waals surface area (Å²) in [7, 11) is 2.10. The maximum atomic E-state index is 16.5. The Hall–Kier alpha value is -2.93. The van der Waals surface area contributed by atoms with E-state index in [1.165, 1.54) is 4.90 Å². The van der Waals surface area contributed by atoms with E-state index in [-0.39, 0.29) is 41.4 Å². The Morgan fingerprint density at radius 3 is 2.95 bits per heavy atom. The number of ether oxygens (including phenoxy) is 2. The van der Waals surface area contributed by atoms with Crippen LogP contribution in [0.15, 0.2) is 24.4 Å². The number of nitrogens with zero attached hydrogens (tertiary/aromatic N) is 4. The predicted octanol–water partition coefficient (Wildman–Crippen LogP) is 5.39. The van der Waals surface area contributed by atoms with E-state index >= 15 is 4.39 Å². The van der Waals surface area contributed by atoms with E-state index in [1.54, 1.807) is 6.20 Å². The Morgan fingerprint density at radius 1 is 1.34 bits per heavy atom. The zero-order chi connectivity index (χ0) is 28.4. The fraction of sp³-hybridized carbons (Fsp3) is 0.500. The van der Waals surface area contributed by atoms with Gasteiger partial charge in [-0.15, -0.1) is 0 Å². The highest BCUT2D eigenvalue weighted by atomic mass is 127. The van der Waals surface area contributed by atoms with Crippen molar-refractivity contribution in [3.05, 3.63) is 39.3 Å². The molecular weight excluding hydrogens is 640 g/mol. The van der Waals surface area contributed by atoms with Crippen LogP contribution in [0.3, 0.4) is 0 Å². The molecule has 1 aromatic carbocycles. The van der Waals surface area contributed by atoms with Crippen molar-refractivity contribution in [2.24, 2.45) is 5.92 Å². The molecule has 1 unspecified atom stereocenters. The van der Waals surface area contributed by atoms with Gasteiger partial charge in [0.25, 0.3) is 0 Å². The van der Waals surface area contributed by atoms with Gasteiger partial charge in [-0.1, -0.05) is 12.1 Å². The normalized spacial score (nSPS) is 25.9. The minimum atomic E-state index is -0.902. The third-order valence-corrected chi connectivity index (χ3v) is 10.3. The lowest BCUT2D eigenvalue weighted by molar-refractivity contribution is 0.116. The number of nitrogens with one attached hydrogen (secondary N) is 1. The number of aryl methyl sites for hydroxylation is 1. The molecule has 2 N–H and O–H groups in total. The summed E-state index contributed by atoms with van der Waals surface area (Å²) >= 11 is 2.21. The maximum absolute atomic E-state index is 16.5. The topological polar surface area (TPSA) is 100 Å². The third kappa shape index (κ3) is 4.46. The molecule has 0 spiro atoms. The Bertz CT molecular complexity index is 1540. The lowest BCUT2D eigenvalue weighted by Gasteiger charge is -2.37. The molecule has 2 aromatic heterocycles. The van der Waals surface area contributed by atoms with E-state index in [2.05, 4.69) is 44.8 Å². The van der Waals surface area contributed by atoms with Gasteiger partial charge in [0.15, 0.2) is 5.82 Å². The van der Waals surface area contributed by atoms with Gasteiger partial charge in [0.1, 0.15) is 23.1 Å². The number of fused-ring (bicyclic) bond motifs is 3. The molecule has 1 amide bonds. The van der Waals surface area contributed by atoms with E-state index in [1.807, 2.05) is 25.1 Å². The largest absolute Gasteiger partial charge is 0.493 e. The van der Waals surface area contributed by atoms with Gasteiger partial charge in [-0.2, -0.15) is 0 Å². The molecule has 3 saturated heterocycles.